The van der Waals surface area contributed by atoms with Crippen molar-refractivity contribution in [2.75, 3.05) is 31.2 Å². The molecule has 1 aliphatic rings. The van der Waals surface area contributed by atoms with Crippen molar-refractivity contribution in [3.05, 3.63) is 0 Å². The van der Waals surface area contributed by atoms with E-state index in [9.17, 15) is 9.59 Å². The number of carbonyl (C=O) groups excluding carboxylic acids is 2. The van der Waals surface area contributed by atoms with Gasteiger partial charge in [0.2, 0.25) is 11.9 Å². The van der Waals surface area contributed by atoms with Crippen LogP contribution < -0.4 is 16.0 Å². The predicted molar refractivity (Wildman–Crippen MR) is 90.9 cm³/mol. The number of imide groups is 1. The van der Waals surface area contributed by atoms with Gasteiger partial charge in [-0.2, -0.15) is 0 Å². The first kappa shape index (κ1) is 18.5. The van der Waals surface area contributed by atoms with E-state index in [1.54, 1.807) is 0 Å². The first-order valence-electron chi connectivity index (χ1n) is 7.96. The fraction of sp³-hybridized carbons (Fsp3) is 0.714. The van der Waals surface area contributed by atoms with Gasteiger partial charge in [-0.15, -0.1) is 10.2 Å². The summed E-state index contributed by atoms with van der Waals surface area (Å²) in [6.45, 7) is 9.36. The lowest BCUT2D eigenvalue weighted by atomic mass is 10.1. The molecule has 1 fully saturated rings. The van der Waals surface area contributed by atoms with E-state index >= 15 is 0 Å². The number of primary amides is 1. The Kier molecular flexibility index (Phi) is 6.44. The molecule has 0 bridgehead atoms. The Balaban J connectivity index is 2.19. The smallest absolute Gasteiger partial charge is 0.318 e. The Labute approximate surface area is 145 Å². The van der Waals surface area contributed by atoms with Crippen molar-refractivity contribution >= 4 is 29.6 Å². The number of urea groups is 1. The first-order valence-corrected chi connectivity index (χ1v) is 8.84. The van der Waals surface area contributed by atoms with E-state index in [4.69, 9.17) is 10.5 Å². The number of thioether (sulfide) groups is 1. The van der Waals surface area contributed by atoms with Crippen LogP contribution in [0.4, 0.5) is 10.7 Å². The summed E-state index contributed by atoms with van der Waals surface area (Å²) < 4.78 is 7.34. The largest absolute Gasteiger partial charge is 0.378 e. The molecular formula is C14H24N6O3S. The lowest BCUT2D eigenvalue weighted by Crippen LogP contribution is -2.42. The number of hydrogen-bond donors (Lipinski definition) is 2. The molecule has 0 aromatic carbocycles. The maximum absolute atomic E-state index is 12.2. The van der Waals surface area contributed by atoms with Crippen molar-refractivity contribution in [3.8, 4) is 0 Å². The van der Waals surface area contributed by atoms with Gasteiger partial charge < -0.3 is 15.4 Å². The topological polar surface area (TPSA) is 115 Å². The highest BCUT2D eigenvalue weighted by Crippen LogP contribution is 2.29. The quantitative estimate of drug-likeness (QED) is 0.711. The third-order valence-corrected chi connectivity index (χ3v) is 5.18. The summed E-state index contributed by atoms with van der Waals surface area (Å²) >= 11 is 1.29. The summed E-state index contributed by atoms with van der Waals surface area (Å²) in [5.74, 6) is 0.366. The number of nitrogens with zero attached hydrogens (tertiary/aromatic N) is 4. The van der Waals surface area contributed by atoms with Gasteiger partial charge in [-0.1, -0.05) is 25.6 Å². The minimum Gasteiger partial charge on any atom is -0.378 e. The number of hydrogen-bond acceptors (Lipinski definition) is 7. The average molecular weight is 356 g/mol. The number of nitrogens with one attached hydrogen (secondary N) is 1. The number of carbonyl (C=O) groups is 2. The SMILES string of the molecule is CCn1c(S[C@@H](C(=O)NC(N)=O)C(C)C)nnc1N1CCOCC1. The van der Waals surface area contributed by atoms with Gasteiger partial charge in [0.1, 0.15) is 0 Å². The molecule has 9 nitrogen and oxygen atoms in total. The molecule has 1 aromatic heterocycles. The third-order valence-electron chi connectivity index (χ3n) is 3.65. The Morgan fingerprint density at radius 3 is 2.54 bits per heavy atom. The molecule has 134 valence electrons. The fourth-order valence-electron chi connectivity index (χ4n) is 2.44. The van der Waals surface area contributed by atoms with E-state index in [-0.39, 0.29) is 5.92 Å². The number of rotatable bonds is 6. The summed E-state index contributed by atoms with van der Waals surface area (Å²) in [4.78, 5) is 25.3. The standard InChI is InChI=1S/C14H24N6O3S/c1-4-20-13(19-5-7-23-8-6-19)17-18-14(20)24-10(9(2)3)11(21)16-12(15)22/h9-10H,4-8H2,1-3H3,(H3,15,16,21,22)/t10-/m1/s1. The van der Waals surface area contributed by atoms with Crippen LogP contribution >= 0.6 is 11.8 Å². The summed E-state index contributed by atoms with van der Waals surface area (Å²) in [5.41, 5.74) is 5.05. The van der Waals surface area contributed by atoms with Crippen LogP contribution in [0.25, 0.3) is 0 Å². The van der Waals surface area contributed by atoms with Gasteiger partial charge in [0.15, 0.2) is 5.16 Å². The molecule has 3 N–H and O–H groups in total. The fourth-order valence-corrected chi connectivity index (χ4v) is 3.53. The van der Waals surface area contributed by atoms with Crippen LogP contribution in [0.3, 0.4) is 0 Å². The molecule has 0 aliphatic carbocycles. The van der Waals surface area contributed by atoms with Crippen molar-refractivity contribution < 1.29 is 14.3 Å². The normalized spacial score (nSPS) is 16.2. The van der Waals surface area contributed by atoms with E-state index in [2.05, 4.69) is 20.4 Å². The Hall–Kier alpha value is -1.81. The Morgan fingerprint density at radius 1 is 1.33 bits per heavy atom. The van der Waals surface area contributed by atoms with Gasteiger partial charge in [-0.05, 0) is 12.8 Å². The van der Waals surface area contributed by atoms with Crippen LogP contribution in [-0.4, -0.2) is 58.3 Å². The highest BCUT2D eigenvalue weighted by atomic mass is 32.2. The van der Waals surface area contributed by atoms with Crippen LogP contribution in [-0.2, 0) is 16.1 Å². The van der Waals surface area contributed by atoms with Gasteiger partial charge in [-0.3, -0.25) is 14.7 Å². The highest BCUT2D eigenvalue weighted by molar-refractivity contribution is 8.00. The Morgan fingerprint density at radius 2 is 2.00 bits per heavy atom. The molecule has 3 amide bonds. The summed E-state index contributed by atoms with van der Waals surface area (Å²) in [6, 6.07) is -0.850. The number of anilines is 1. The van der Waals surface area contributed by atoms with E-state index in [1.807, 2.05) is 25.3 Å². The zero-order valence-corrected chi connectivity index (χ0v) is 15.0. The zero-order chi connectivity index (χ0) is 17.7. The van der Waals surface area contributed by atoms with Gasteiger partial charge in [0.05, 0.1) is 18.5 Å². The molecule has 0 spiro atoms. The molecule has 1 atom stereocenters. The molecule has 1 aliphatic heterocycles. The predicted octanol–water partition coefficient (Wildman–Crippen LogP) is 0.446. The van der Waals surface area contributed by atoms with E-state index < -0.39 is 17.2 Å². The molecule has 2 rings (SSSR count). The zero-order valence-electron chi connectivity index (χ0n) is 14.2. The Bertz CT molecular complexity index is 585. The average Bonchev–Trinajstić information content (AvgIpc) is 2.95. The summed E-state index contributed by atoms with van der Waals surface area (Å²) in [5, 5.41) is 10.8. The molecule has 0 saturated carbocycles. The second kappa shape index (κ2) is 8.34. The minimum absolute atomic E-state index is 0.00296. The van der Waals surface area contributed by atoms with Crippen molar-refractivity contribution in [1.82, 2.24) is 20.1 Å². The maximum atomic E-state index is 12.2. The van der Waals surface area contributed by atoms with Gasteiger partial charge in [-0.25, -0.2) is 4.79 Å². The highest BCUT2D eigenvalue weighted by Gasteiger charge is 2.28. The van der Waals surface area contributed by atoms with Crippen molar-refractivity contribution in [2.45, 2.75) is 37.7 Å². The second-order valence-corrected chi connectivity index (χ2v) is 6.87. The molecule has 1 aromatic rings. The van der Waals surface area contributed by atoms with E-state index in [1.165, 1.54) is 11.8 Å². The first-order chi connectivity index (χ1) is 11.4. The molecule has 2 heterocycles. The maximum Gasteiger partial charge on any atom is 0.318 e. The second-order valence-electron chi connectivity index (χ2n) is 5.76. The van der Waals surface area contributed by atoms with Crippen LogP contribution in [0.2, 0.25) is 0 Å². The number of aromatic nitrogens is 3. The molecule has 10 heteroatoms. The van der Waals surface area contributed by atoms with Crippen molar-refractivity contribution in [3.63, 3.8) is 0 Å². The lowest BCUT2D eigenvalue weighted by molar-refractivity contribution is -0.120. The van der Waals surface area contributed by atoms with Gasteiger partial charge >= 0.3 is 6.03 Å². The summed E-state index contributed by atoms with van der Waals surface area (Å²) in [6.07, 6.45) is 0. The number of ether oxygens (including phenoxy) is 1. The van der Waals surface area contributed by atoms with Gasteiger partial charge in [0.25, 0.3) is 0 Å². The van der Waals surface area contributed by atoms with Crippen LogP contribution in [0.1, 0.15) is 20.8 Å². The molecule has 0 unspecified atom stereocenters. The van der Waals surface area contributed by atoms with Gasteiger partial charge in [0, 0.05) is 19.6 Å². The number of amides is 3. The lowest BCUT2D eigenvalue weighted by Gasteiger charge is -2.27. The third kappa shape index (κ3) is 4.38. The molecular weight excluding hydrogens is 332 g/mol. The van der Waals surface area contributed by atoms with E-state index in [0.29, 0.717) is 24.9 Å². The molecule has 0 radical (unpaired) electrons. The molecule has 1 saturated heterocycles. The van der Waals surface area contributed by atoms with Crippen molar-refractivity contribution in [1.29, 1.82) is 0 Å². The summed E-state index contributed by atoms with van der Waals surface area (Å²) in [7, 11) is 0. The van der Waals surface area contributed by atoms with E-state index in [0.717, 1.165) is 19.0 Å². The molecule has 24 heavy (non-hydrogen) atoms. The van der Waals surface area contributed by atoms with Crippen LogP contribution in [0.5, 0.6) is 0 Å². The van der Waals surface area contributed by atoms with Crippen LogP contribution in [0, 0.1) is 5.92 Å². The van der Waals surface area contributed by atoms with Crippen LogP contribution in [0.15, 0.2) is 5.16 Å². The number of morpholine rings is 1. The van der Waals surface area contributed by atoms with Crippen molar-refractivity contribution in [2.24, 2.45) is 11.7 Å². The minimum atomic E-state index is -0.850. The number of nitrogens with two attached hydrogens (primary N) is 1. The monoisotopic (exact) mass is 356 g/mol.